The second kappa shape index (κ2) is 7.46. The number of thiazole rings is 1. The summed E-state index contributed by atoms with van der Waals surface area (Å²) in [4.78, 5) is 48.6. The van der Waals surface area contributed by atoms with E-state index in [4.69, 9.17) is 0 Å². The number of carbonyl (C=O) groups excluding carboxylic acids is 3. The Balaban J connectivity index is 1.78. The van der Waals surface area contributed by atoms with E-state index in [-0.39, 0.29) is 29.7 Å². The van der Waals surface area contributed by atoms with Crippen LogP contribution in [-0.4, -0.2) is 69.8 Å². The highest BCUT2D eigenvalue weighted by Gasteiger charge is 2.57. The van der Waals surface area contributed by atoms with E-state index in [2.05, 4.69) is 18.8 Å². The van der Waals surface area contributed by atoms with Gasteiger partial charge in [0.25, 0.3) is 11.8 Å². The van der Waals surface area contributed by atoms with Crippen molar-refractivity contribution in [2.45, 2.75) is 58.9 Å². The normalized spacial score (nSPS) is 19.6. The number of urea groups is 1. The van der Waals surface area contributed by atoms with Gasteiger partial charge < -0.3 is 9.80 Å². The molecule has 28 heavy (non-hydrogen) atoms. The molecular formula is C20H30N4O3S. The van der Waals surface area contributed by atoms with E-state index in [0.717, 1.165) is 10.7 Å². The Morgan fingerprint density at radius 2 is 1.79 bits per heavy atom. The summed E-state index contributed by atoms with van der Waals surface area (Å²) in [5.74, 6) is 0.407. The first kappa shape index (κ1) is 20.8. The molecule has 1 spiro atoms. The molecule has 7 nitrogen and oxygen atoms in total. The number of rotatable bonds is 4. The molecule has 0 aliphatic carbocycles. The number of likely N-dealkylation sites (tertiary alicyclic amines) is 1. The van der Waals surface area contributed by atoms with E-state index in [1.165, 1.54) is 16.2 Å². The van der Waals surface area contributed by atoms with Crippen LogP contribution in [-0.2, 0) is 4.79 Å². The summed E-state index contributed by atoms with van der Waals surface area (Å²) in [6.07, 6.45) is 0.963. The molecule has 2 aliphatic rings. The molecule has 2 saturated heterocycles. The van der Waals surface area contributed by atoms with Gasteiger partial charge in [-0.1, -0.05) is 27.7 Å². The third-order valence-electron chi connectivity index (χ3n) is 5.66. The summed E-state index contributed by atoms with van der Waals surface area (Å²) in [7, 11) is 1.55. The van der Waals surface area contributed by atoms with Crippen LogP contribution in [0.1, 0.15) is 66.8 Å². The van der Waals surface area contributed by atoms with Crippen LogP contribution in [0, 0.1) is 12.8 Å². The quantitative estimate of drug-likeness (QED) is 0.720. The first-order chi connectivity index (χ1) is 13.1. The zero-order valence-corrected chi connectivity index (χ0v) is 18.4. The van der Waals surface area contributed by atoms with E-state index in [9.17, 15) is 14.4 Å². The topological polar surface area (TPSA) is 73.8 Å². The maximum atomic E-state index is 13.0. The molecule has 3 rings (SSSR count). The van der Waals surface area contributed by atoms with Crippen LogP contribution in [0.25, 0.3) is 0 Å². The standard InChI is InChI=1S/C20H30N4O3S/c1-12(2)11-24-19(27)22(6)18(26)20(24)7-9-23(10-8-20)17(25)15-14(5)21-16(28-15)13(3)4/h12-13H,7-11H2,1-6H3. The maximum absolute atomic E-state index is 13.0. The van der Waals surface area contributed by atoms with Gasteiger partial charge in [-0.05, 0) is 25.7 Å². The fourth-order valence-corrected chi connectivity index (χ4v) is 5.10. The minimum Gasteiger partial charge on any atom is -0.338 e. The Morgan fingerprint density at radius 3 is 2.29 bits per heavy atom. The van der Waals surface area contributed by atoms with Crippen molar-refractivity contribution in [1.82, 2.24) is 19.7 Å². The van der Waals surface area contributed by atoms with E-state index < -0.39 is 5.54 Å². The number of carbonyl (C=O) groups is 3. The van der Waals surface area contributed by atoms with Gasteiger partial charge in [-0.3, -0.25) is 14.5 Å². The molecule has 0 aromatic carbocycles. The Labute approximate surface area is 170 Å². The Bertz CT molecular complexity index is 793. The van der Waals surface area contributed by atoms with E-state index in [0.29, 0.717) is 37.4 Å². The predicted octanol–water partition coefficient (Wildman–Crippen LogP) is 3.10. The lowest BCUT2D eigenvalue weighted by Gasteiger charge is -2.42. The summed E-state index contributed by atoms with van der Waals surface area (Å²) in [5.41, 5.74) is -0.0362. The fraction of sp³-hybridized carbons (Fsp3) is 0.700. The number of imide groups is 1. The largest absolute Gasteiger partial charge is 0.338 e. The summed E-state index contributed by atoms with van der Waals surface area (Å²) in [5, 5.41) is 0.968. The number of aromatic nitrogens is 1. The molecule has 0 radical (unpaired) electrons. The van der Waals surface area contributed by atoms with Crippen LogP contribution in [0.15, 0.2) is 0 Å². The zero-order valence-electron chi connectivity index (χ0n) is 17.6. The van der Waals surface area contributed by atoms with Gasteiger partial charge in [-0.2, -0.15) is 0 Å². The molecule has 8 heteroatoms. The molecule has 154 valence electrons. The molecule has 0 N–H and O–H groups in total. The number of hydrogen-bond acceptors (Lipinski definition) is 5. The number of hydrogen-bond donors (Lipinski definition) is 0. The molecule has 1 aromatic heterocycles. The van der Waals surface area contributed by atoms with Crippen LogP contribution < -0.4 is 0 Å². The number of nitrogens with zero attached hydrogens (tertiary/aromatic N) is 4. The molecule has 2 fully saturated rings. The monoisotopic (exact) mass is 406 g/mol. The van der Waals surface area contributed by atoms with Gasteiger partial charge in [0, 0.05) is 32.6 Å². The molecular weight excluding hydrogens is 376 g/mol. The third kappa shape index (κ3) is 3.32. The first-order valence-electron chi connectivity index (χ1n) is 9.95. The second-order valence-corrected chi connectivity index (χ2v) is 9.63. The van der Waals surface area contributed by atoms with Crippen molar-refractivity contribution in [2.24, 2.45) is 5.92 Å². The predicted molar refractivity (Wildman–Crippen MR) is 109 cm³/mol. The van der Waals surface area contributed by atoms with Gasteiger partial charge in [-0.15, -0.1) is 11.3 Å². The van der Waals surface area contributed by atoms with Gasteiger partial charge in [-0.25, -0.2) is 9.78 Å². The summed E-state index contributed by atoms with van der Waals surface area (Å²) in [6.45, 7) is 11.6. The highest BCUT2D eigenvalue weighted by molar-refractivity contribution is 7.13. The van der Waals surface area contributed by atoms with Gasteiger partial charge in [0.1, 0.15) is 10.4 Å². The molecule has 0 saturated carbocycles. The molecule has 2 aliphatic heterocycles. The number of aryl methyl sites for hydroxylation is 1. The summed E-state index contributed by atoms with van der Waals surface area (Å²) < 4.78 is 0. The van der Waals surface area contributed by atoms with Crippen molar-refractivity contribution in [3.8, 4) is 0 Å². The zero-order chi connectivity index (χ0) is 20.8. The van der Waals surface area contributed by atoms with E-state index in [1.807, 2.05) is 20.8 Å². The average Bonchev–Trinajstić information content (AvgIpc) is 3.11. The maximum Gasteiger partial charge on any atom is 0.327 e. The van der Waals surface area contributed by atoms with Crippen molar-refractivity contribution in [3.63, 3.8) is 0 Å². The van der Waals surface area contributed by atoms with Crippen LogP contribution >= 0.6 is 11.3 Å². The highest BCUT2D eigenvalue weighted by atomic mass is 32.1. The van der Waals surface area contributed by atoms with Gasteiger partial charge in [0.15, 0.2) is 0 Å². The van der Waals surface area contributed by atoms with Gasteiger partial charge >= 0.3 is 6.03 Å². The molecule has 0 bridgehead atoms. The second-order valence-electron chi connectivity index (χ2n) is 8.60. The Morgan fingerprint density at radius 1 is 1.18 bits per heavy atom. The fourth-order valence-electron chi connectivity index (χ4n) is 4.07. The summed E-state index contributed by atoms with van der Waals surface area (Å²) in [6, 6.07) is -0.224. The minimum absolute atomic E-state index is 0.0164. The molecule has 1 aromatic rings. The van der Waals surface area contributed by atoms with Gasteiger partial charge in [0.05, 0.1) is 10.7 Å². The van der Waals surface area contributed by atoms with Crippen molar-refractivity contribution < 1.29 is 14.4 Å². The summed E-state index contributed by atoms with van der Waals surface area (Å²) >= 11 is 1.46. The lowest BCUT2D eigenvalue weighted by Crippen LogP contribution is -2.58. The van der Waals surface area contributed by atoms with Crippen LogP contribution in [0.2, 0.25) is 0 Å². The SMILES string of the molecule is Cc1nc(C(C)C)sc1C(=O)N1CCC2(CC1)C(=O)N(C)C(=O)N2CC(C)C. The minimum atomic E-state index is -0.807. The number of likely N-dealkylation sites (N-methyl/N-ethyl adjacent to an activating group) is 1. The third-order valence-corrected chi connectivity index (χ3v) is 7.11. The van der Waals surface area contributed by atoms with Gasteiger partial charge in [0.2, 0.25) is 0 Å². The Hall–Kier alpha value is -1.96. The lowest BCUT2D eigenvalue weighted by molar-refractivity contribution is -0.134. The highest BCUT2D eigenvalue weighted by Crippen LogP contribution is 2.38. The van der Waals surface area contributed by atoms with Crippen molar-refractivity contribution in [3.05, 3.63) is 15.6 Å². The average molecular weight is 407 g/mol. The van der Waals surface area contributed by atoms with Crippen LogP contribution in [0.3, 0.4) is 0 Å². The smallest absolute Gasteiger partial charge is 0.327 e. The lowest BCUT2D eigenvalue weighted by atomic mass is 9.85. The van der Waals surface area contributed by atoms with Crippen molar-refractivity contribution >= 4 is 29.2 Å². The van der Waals surface area contributed by atoms with Crippen LogP contribution in [0.5, 0.6) is 0 Å². The van der Waals surface area contributed by atoms with Crippen LogP contribution in [0.4, 0.5) is 4.79 Å². The number of amides is 4. The number of piperidine rings is 1. The first-order valence-corrected chi connectivity index (χ1v) is 10.8. The molecule has 4 amide bonds. The molecule has 0 atom stereocenters. The Kier molecular flexibility index (Phi) is 5.53. The molecule has 3 heterocycles. The molecule has 0 unspecified atom stereocenters. The van der Waals surface area contributed by atoms with Crippen molar-refractivity contribution in [1.29, 1.82) is 0 Å². The van der Waals surface area contributed by atoms with E-state index >= 15 is 0 Å². The van der Waals surface area contributed by atoms with Crippen molar-refractivity contribution in [2.75, 3.05) is 26.7 Å². The van der Waals surface area contributed by atoms with E-state index in [1.54, 1.807) is 16.8 Å².